The van der Waals surface area contributed by atoms with Gasteiger partial charge in [-0.1, -0.05) is 206 Å². The van der Waals surface area contributed by atoms with Gasteiger partial charge < -0.3 is 50.3 Å². The lowest BCUT2D eigenvalue weighted by molar-refractivity contribution is -0.138. The van der Waals surface area contributed by atoms with Gasteiger partial charge in [-0.3, -0.25) is 0 Å². The first-order valence-electron chi connectivity index (χ1n) is 42.8. The molecule has 0 aromatic heterocycles. The molecule has 15 aromatic rings. The third-order valence-electron chi connectivity index (χ3n) is 20.9. The molecule has 0 fully saturated rings. The van der Waals surface area contributed by atoms with E-state index in [-0.39, 0.29) is 71.9 Å². The first-order valence-corrected chi connectivity index (χ1v) is 43.2. The van der Waals surface area contributed by atoms with Crippen molar-refractivity contribution < 1.29 is 150 Å². The fourth-order valence-electron chi connectivity index (χ4n) is 14.3. The molecule has 1 aliphatic heterocycles. The minimum absolute atomic E-state index is 0.0295. The van der Waals surface area contributed by atoms with Gasteiger partial charge in [-0.05, 0) is 275 Å². The van der Waals surface area contributed by atoms with E-state index in [2.05, 4.69) is 19.9 Å². The van der Waals surface area contributed by atoms with Gasteiger partial charge in [0.15, 0.2) is 0 Å². The number of rotatable bonds is 17. The zero-order valence-corrected chi connectivity index (χ0v) is 77.4. The summed E-state index contributed by atoms with van der Waals surface area (Å²) in [5.41, 5.74) is 6.11. The number of methoxy groups -OCH3 is 1. The zero-order chi connectivity index (χ0) is 107. The number of alkyl halides is 12. The SMILES string of the molecule is CC1(C)C=C(c2ccc(C(=O)O)cc2)CC(C)(C)O1.COc1ccc(-c2cccc(C(=O)O)c2)cc1.O=C(O)c1cc(-c2ccccc2)cc(C(F)(F)F)c1.O=C(O)c1cc(-c2ccccc2)ccc1Cl.O=C(O)c1cccc(-c2ccc(C(F)(F)F)cc2)c1.O=C(O)c1cccc(-c2ccc(F)cc2F)c1.O=C(O)c1cccc(-c2cccc(C(F)(F)F)c2)c1.O=C(O)c1cccc(-c2ccccc2C(F)(F)F)c1. The first kappa shape index (κ1) is 111. The van der Waals surface area contributed by atoms with Crippen molar-refractivity contribution in [3.8, 4) is 83.6 Å². The predicted molar refractivity (Wildman–Crippen MR) is 519 cm³/mol. The highest BCUT2D eigenvalue weighted by Gasteiger charge is 2.37. The molecule has 0 saturated heterocycles. The van der Waals surface area contributed by atoms with Crippen molar-refractivity contribution in [2.24, 2.45) is 0 Å². The highest BCUT2D eigenvalue weighted by atomic mass is 35.5. The lowest BCUT2D eigenvalue weighted by atomic mass is 9.86. The van der Waals surface area contributed by atoms with Crippen molar-refractivity contribution in [2.45, 2.75) is 70.0 Å². The molecule has 0 bridgehead atoms. The van der Waals surface area contributed by atoms with E-state index in [0.29, 0.717) is 50.6 Å². The summed E-state index contributed by atoms with van der Waals surface area (Å²) in [6, 6.07) is 87.9. The number of aromatic carboxylic acids is 8. The van der Waals surface area contributed by atoms with Gasteiger partial charge in [-0.2, -0.15) is 52.7 Å². The Morgan fingerprint density at radius 3 is 1.05 bits per heavy atom. The third-order valence-corrected chi connectivity index (χ3v) is 21.3. The van der Waals surface area contributed by atoms with E-state index in [1.54, 1.807) is 104 Å². The van der Waals surface area contributed by atoms with E-state index in [1.165, 1.54) is 133 Å². The Morgan fingerprint density at radius 2 is 0.634 bits per heavy atom. The van der Waals surface area contributed by atoms with Crippen molar-refractivity contribution in [1.29, 1.82) is 0 Å². The zero-order valence-electron chi connectivity index (χ0n) is 76.7. The monoisotopic (exact) mass is 2020 g/mol. The Labute approximate surface area is 824 Å². The molecule has 0 aliphatic carbocycles. The predicted octanol–water partition coefficient (Wildman–Crippen LogP) is 30.1. The molecule has 16 rings (SSSR count). The van der Waals surface area contributed by atoms with Crippen LogP contribution in [0.15, 0.2) is 364 Å². The van der Waals surface area contributed by atoms with Crippen LogP contribution in [0.5, 0.6) is 5.75 Å². The van der Waals surface area contributed by atoms with Gasteiger partial charge in [0.2, 0.25) is 0 Å². The smallest absolute Gasteiger partial charge is 0.417 e. The van der Waals surface area contributed by atoms with Crippen molar-refractivity contribution in [3.05, 3.63) is 453 Å². The number of carbonyl (C=O) groups is 8. The average Bonchev–Trinajstić information content (AvgIpc) is 0.785. The van der Waals surface area contributed by atoms with Gasteiger partial charge in [0.25, 0.3) is 0 Å². The molecule has 145 heavy (non-hydrogen) atoms. The van der Waals surface area contributed by atoms with Crippen LogP contribution >= 0.6 is 11.6 Å². The second-order valence-electron chi connectivity index (χ2n) is 32.5. The number of carboxylic acids is 8. The van der Waals surface area contributed by atoms with Crippen molar-refractivity contribution >= 4 is 64.9 Å². The summed E-state index contributed by atoms with van der Waals surface area (Å²) < 4.78 is 189. The highest BCUT2D eigenvalue weighted by molar-refractivity contribution is 6.33. The van der Waals surface area contributed by atoms with E-state index in [4.69, 9.17) is 61.9 Å². The van der Waals surface area contributed by atoms with Crippen LogP contribution in [0.2, 0.25) is 5.02 Å². The number of hydrogen-bond donors (Lipinski definition) is 8. The summed E-state index contributed by atoms with van der Waals surface area (Å²) in [6.45, 7) is 8.24. The summed E-state index contributed by atoms with van der Waals surface area (Å²) in [4.78, 5) is 86.8. The molecule has 0 saturated carbocycles. The Kier molecular flexibility index (Phi) is 37.9. The van der Waals surface area contributed by atoms with Crippen LogP contribution in [0, 0.1) is 11.6 Å². The van der Waals surface area contributed by atoms with E-state index >= 15 is 0 Å². The Morgan fingerprint density at radius 1 is 0.290 bits per heavy atom. The number of carboxylic acid groups (broad SMARTS) is 8. The summed E-state index contributed by atoms with van der Waals surface area (Å²) in [6.07, 6.45) is -14.9. The molecule has 0 atom stereocenters. The molecule has 33 heteroatoms. The molecule has 0 radical (unpaired) electrons. The fraction of sp³-hybridized carbons (Fsp3) is 0.107. The molecule has 8 N–H and O–H groups in total. The quantitative estimate of drug-likeness (QED) is 0.0393. The number of hydrogen-bond acceptors (Lipinski definition) is 10. The van der Waals surface area contributed by atoms with E-state index in [1.807, 2.05) is 92.7 Å². The minimum Gasteiger partial charge on any atom is -0.497 e. The topological polar surface area (TPSA) is 317 Å². The summed E-state index contributed by atoms with van der Waals surface area (Å²) in [5.74, 6) is -9.26. The Bertz CT molecular complexity index is 7150. The normalized spacial score (nSPS) is 12.1. The minimum atomic E-state index is -4.57. The maximum Gasteiger partial charge on any atom is 0.417 e. The molecule has 15 aromatic carbocycles. The Hall–Kier alpha value is -17.1. The van der Waals surface area contributed by atoms with Crippen molar-refractivity contribution in [2.75, 3.05) is 7.11 Å². The second kappa shape index (κ2) is 49.3. The molecule has 746 valence electrons. The summed E-state index contributed by atoms with van der Waals surface area (Å²) in [5, 5.41) is 71.3. The summed E-state index contributed by atoms with van der Waals surface area (Å²) >= 11 is 5.80. The maximum atomic E-state index is 13.5. The van der Waals surface area contributed by atoms with Crippen molar-refractivity contribution in [3.63, 3.8) is 0 Å². The van der Waals surface area contributed by atoms with Crippen LogP contribution in [0.1, 0.15) is 145 Å². The van der Waals surface area contributed by atoms with Gasteiger partial charge in [0.05, 0.1) is 90.1 Å². The lowest BCUT2D eigenvalue weighted by Gasteiger charge is -2.40. The average molecular weight is 2020 g/mol. The largest absolute Gasteiger partial charge is 0.497 e. The van der Waals surface area contributed by atoms with E-state index in [9.17, 15) is 99.8 Å². The second-order valence-corrected chi connectivity index (χ2v) is 32.9. The number of ether oxygens (including phenoxy) is 2. The molecule has 0 spiro atoms. The molecule has 1 heterocycles. The lowest BCUT2D eigenvalue weighted by Crippen LogP contribution is -2.39. The fourth-order valence-corrected chi connectivity index (χ4v) is 14.5. The van der Waals surface area contributed by atoms with Gasteiger partial charge in [0, 0.05) is 18.1 Å². The summed E-state index contributed by atoms with van der Waals surface area (Å²) in [7, 11) is 1.61. The van der Waals surface area contributed by atoms with Gasteiger partial charge in [-0.15, -0.1) is 0 Å². The van der Waals surface area contributed by atoms with Crippen molar-refractivity contribution in [1.82, 2.24) is 0 Å². The van der Waals surface area contributed by atoms with Crippen LogP contribution in [-0.2, 0) is 29.4 Å². The molecule has 18 nitrogen and oxygen atoms in total. The molecule has 0 unspecified atom stereocenters. The molecular weight excluding hydrogens is 1930 g/mol. The van der Waals surface area contributed by atoms with Crippen LogP contribution in [-0.4, -0.2) is 107 Å². The first-order chi connectivity index (χ1) is 68.2. The van der Waals surface area contributed by atoms with E-state index < -0.39 is 106 Å². The van der Waals surface area contributed by atoms with Crippen LogP contribution in [0.3, 0.4) is 0 Å². The molecule has 0 amide bonds. The van der Waals surface area contributed by atoms with Gasteiger partial charge >= 0.3 is 72.5 Å². The Balaban J connectivity index is 0.000000185. The van der Waals surface area contributed by atoms with Crippen LogP contribution in [0.25, 0.3) is 83.5 Å². The molecule has 1 aliphatic rings. The maximum absolute atomic E-state index is 13.5. The highest BCUT2D eigenvalue weighted by Crippen LogP contribution is 2.42. The number of benzene rings is 15. The van der Waals surface area contributed by atoms with Crippen LogP contribution in [0.4, 0.5) is 61.5 Å². The van der Waals surface area contributed by atoms with E-state index in [0.717, 1.165) is 88.5 Å². The third kappa shape index (κ3) is 33.3. The number of halogens is 15. The van der Waals surface area contributed by atoms with Gasteiger partial charge in [-0.25, -0.2) is 47.1 Å². The van der Waals surface area contributed by atoms with Gasteiger partial charge in [0.1, 0.15) is 17.4 Å². The standard InChI is InChI=1S/C16H20O3.4C14H9F3O2.C14H12O3.C13H9ClO2.C13H8F2O2/c1-15(2)9-13(10-16(3,4)19-15)11-5-7-12(8-6-11)14(17)18;15-14(16,17)12-6-2-4-10(8-12)9-3-1-5-11(7-9)13(18)19;15-14(16,17)12-7-2-1-6-11(12)9-4-3-5-10(8-9)13(18)19;15-14(16,17)12-6-4-9(5-7-12)10-2-1-3-11(8-10)13(18)19;15-14(16,17)12-7-10(6-11(8-12)13(18)19)9-4-2-1-3-5-9;1-17-13-7-5-10(6-8-13)11-3-2-4-12(9-11)14(15)16;14-12-7-6-10(8-11(12)13(15)16)9-4-2-1-3-5-9;14-10-4-5-11(12(15)7-10)8-2-1-3-9(6-8)13(16)17/h5-9H,10H2,1-4H3,(H,17,18);4*1-8H,(H,18,19);2-9H,1H3,(H,15,16);1-8H,(H,15,16);1-7H,(H,16,17). The van der Waals surface area contributed by atoms with Crippen LogP contribution < -0.4 is 4.74 Å². The molecular formula is C112H85ClF14O18.